The first-order valence-corrected chi connectivity index (χ1v) is 7.01. The van der Waals surface area contributed by atoms with Gasteiger partial charge < -0.3 is 10.5 Å². The minimum absolute atomic E-state index is 0.268. The Bertz CT molecular complexity index is 449. The SMILES string of the molecule is NC(=S)c1nnn(CC2CCCO2)c1C1CCC1. The quantitative estimate of drug-likeness (QED) is 0.834. The Kier molecular flexibility index (Phi) is 3.30. The molecule has 1 unspecified atom stereocenters. The smallest absolute Gasteiger partial charge is 0.143 e. The van der Waals surface area contributed by atoms with Crippen molar-refractivity contribution in [3.63, 3.8) is 0 Å². The number of nitrogens with two attached hydrogens (primary N) is 1. The highest BCUT2D eigenvalue weighted by molar-refractivity contribution is 7.80. The molecule has 0 amide bonds. The zero-order chi connectivity index (χ0) is 12.5. The fourth-order valence-electron chi connectivity index (χ4n) is 2.70. The van der Waals surface area contributed by atoms with Crippen molar-refractivity contribution >= 4 is 17.2 Å². The van der Waals surface area contributed by atoms with Gasteiger partial charge in [0.25, 0.3) is 0 Å². The minimum atomic E-state index is 0.268. The van der Waals surface area contributed by atoms with Crippen LogP contribution in [0.25, 0.3) is 0 Å². The molecule has 1 aromatic heterocycles. The average molecular weight is 266 g/mol. The molecule has 0 bridgehead atoms. The number of nitrogens with zero attached hydrogens (tertiary/aromatic N) is 3. The molecule has 0 spiro atoms. The predicted molar refractivity (Wildman–Crippen MR) is 71.5 cm³/mol. The largest absolute Gasteiger partial charge is 0.388 e. The average Bonchev–Trinajstić information content (AvgIpc) is 2.87. The highest BCUT2D eigenvalue weighted by atomic mass is 32.1. The van der Waals surface area contributed by atoms with Gasteiger partial charge in [-0.15, -0.1) is 5.10 Å². The lowest BCUT2D eigenvalue weighted by atomic mass is 9.82. The van der Waals surface area contributed by atoms with E-state index in [1.165, 1.54) is 19.3 Å². The van der Waals surface area contributed by atoms with Gasteiger partial charge >= 0.3 is 0 Å². The zero-order valence-electron chi connectivity index (χ0n) is 10.3. The molecule has 5 nitrogen and oxygen atoms in total. The molecule has 98 valence electrons. The fourth-order valence-corrected chi connectivity index (χ4v) is 2.84. The topological polar surface area (TPSA) is 66.0 Å². The van der Waals surface area contributed by atoms with Crippen LogP contribution in [0.5, 0.6) is 0 Å². The van der Waals surface area contributed by atoms with Crippen LogP contribution in [0.3, 0.4) is 0 Å². The number of thiocarbonyl (C=S) groups is 1. The summed E-state index contributed by atoms with van der Waals surface area (Å²) in [6, 6.07) is 0. The van der Waals surface area contributed by atoms with Crippen molar-refractivity contribution in [1.82, 2.24) is 15.0 Å². The Morgan fingerprint density at radius 2 is 2.22 bits per heavy atom. The van der Waals surface area contributed by atoms with Crippen LogP contribution < -0.4 is 5.73 Å². The van der Waals surface area contributed by atoms with Gasteiger partial charge in [-0.05, 0) is 25.7 Å². The Hall–Kier alpha value is -1.01. The Balaban J connectivity index is 1.85. The summed E-state index contributed by atoms with van der Waals surface area (Å²) in [4.78, 5) is 0.357. The fraction of sp³-hybridized carbons (Fsp3) is 0.750. The van der Waals surface area contributed by atoms with E-state index in [9.17, 15) is 0 Å². The molecule has 0 radical (unpaired) electrons. The number of rotatable bonds is 4. The van der Waals surface area contributed by atoms with Crippen LogP contribution >= 0.6 is 12.2 Å². The van der Waals surface area contributed by atoms with Crippen molar-refractivity contribution in [1.29, 1.82) is 0 Å². The van der Waals surface area contributed by atoms with Gasteiger partial charge in [0, 0.05) is 12.5 Å². The van der Waals surface area contributed by atoms with Crippen LogP contribution in [0.2, 0.25) is 0 Å². The number of aromatic nitrogens is 3. The van der Waals surface area contributed by atoms with E-state index < -0.39 is 0 Å². The summed E-state index contributed by atoms with van der Waals surface area (Å²) in [5.41, 5.74) is 7.58. The molecule has 2 fully saturated rings. The maximum atomic E-state index is 5.74. The van der Waals surface area contributed by atoms with Crippen molar-refractivity contribution in [3.05, 3.63) is 11.4 Å². The summed E-state index contributed by atoms with van der Waals surface area (Å²) in [7, 11) is 0. The van der Waals surface area contributed by atoms with Crippen LogP contribution in [0, 0.1) is 0 Å². The molecule has 1 saturated heterocycles. The van der Waals surface area contributed by atoms with E-state index in [0.29, 0.717) is 16.6 Å². The van der Waals surface area contributed by atoms with Crippen molar-refractivity contribution < 1.29 is 4.74 Å². The molecule has 6 heteroatoms. The third-order valence-electron chi connectivity index (χ3n) is 3.90. The summed E-state index contributed by atoms with van der Waals surface area (Å²) in [6.07, 6.45) is 6.16. The summed E-state index contributed by atoms with van der Waals surface area (Å²) < 4.78 is 7.63. The van der Waals surface area contributed by atoms with Crippen LogP contribution in [-0.4, -0.2) is 32.7 Å². The Morgan fingerprint density at radius 1 is 1.39 bits per heavy atom. The van der Waals surface area contributed by atoms with Crippen LogP contribution in [0.1, 0.15) is 49.4 Å². The molecular weight excluding hydrogens is 248 g/mol. The van der Waals surface area contributed by atoms with Crippen molar-refractivity contribution in [2.24, 2.45) is 5.73 Å². The lowest BCUT2D eigenvalue weighted by molar-refractivity contribution is 0.0919. The molecule has 0 aromatic carbocycles. The summed E-state index contributed by atoms with van der Waals surface area (Å²) >= 11 is 5.07. The first-order valence-electron chi connectivity index (χ1n) is 6.60. The van der Waals surface area contributed by atoms with Gasteiger partial charge in [-0.25, -0.2) is 4.68 Å². The van der Waals surface area contributed by atoms with E-state index in [4.69, 9.17) is 22.7 Å². The van der Waals surface area contributed by atoms with Gasteiger partial charge in [-0.2, -0.15) is 0 Å². The van der Waals surface area contributed by atoms with Crippen molar-refractivity contribution in [3.8, 4) is 0 Å². The van der Waals surface area contributed by atoms with Gasteiger partial charge in [0.05, 0.1) is 18.3 Å². The number of hydrogen-bond acceptors (Lipinski definition) is 4. The molecular formula is C12H18N4OS. The molecule has 1 aliphatic heterocycles. The molecule has 1 aromatic rings. The monoisotopic (exact) mass is 266 g/mol. The van der Waals surface area contributed by atoms with Gasteiger partial charge in [0.1, 0.15) is 10.7 Å². The third kappa shape index (κ3) is 2.14. The van der Waals surface area contributed by atoms with E-state index in [1.54, 1.807) is 0 Å². The number of ether oxygens (including phenoxy) is 1. The van der Waals surface area contributed by atoms with Crippen molar-refractivity contribution in [2.75, 3.05) is 6.61 Å². The van der Waals surface area contributed by atoms with E-state index in [0.717, 1.165) is 31.7 Å². The summed E-state index contributed by atoms with van der Waals surface area (Å²) in [5.74, 6) is 0.526. The molecule has 1 saturated carbocycles. The lowest BCUT2D eigenvalue weighted by Gasteiger charge is -2.27. The first kappa shape index (κ1) is 12.0. The molecule has 2 aliphatic rings. The highest BCUT2D eigenvalue weighted by Gasteiger charge is 2.30. The van der Waals surface area contributed by atoms with Crippen molar-refractivity contribution in [2.45, 2.75) is 50.7 Å². The van der Waals surface area contributed by atoms with E-state index in [-0.39, 0.29) is 6.10 Å². The maximum Gasteiger partial charge on any atom is 0.143 e. The standard InChI is InChI=1S/C12H18N4OS/c13-12(18)10-11(8-3-1-4-8)16(15-14-10)7-9-5-2-6-17-9/h8-9H,1-7H2,(H2,13,18). The van der Waals surface area contributed by atoms with Gasteiger partial charge in [-0.3, -0.25) is 0 Å². The van der Waals surface area contributed by atoms with Crippen LogP contribution in [0.15, 0.2) is 0 Å². The summed E-state index contributed by atoms with van der Waals surface area (Å²) in [5, 5.41) is 8.37. The van der Waals surface area contributed by atoms with Gasteiger partial charge in [0.2, 0.25) is 0 Å². The first-order chi connectivity index (χ1) is 8.75. The molecule has 2 heterocycles. The molecule has 1 aliphatic carbocycles. The second-order valence-corrected chi connectivity index (χ2v) is 5.57. The Labute approximate surface area is 112 Å². The van der Waals surface area contributed by atoms with E-state index in [1.807, 2.05) is 4.68 Å². The van der Waals surface area contributed by atoms with Gasteiger partial charge in [0.15, 0.2) is 0 Å². The Morgan fingerprint density at radius 3 is 2.78 bits per heavy atom. The van der Waals surface area contributed by atoms with E-state index in [2.05, 4.69) is 10.3 Å². The minimum Gasteiger partial charge on any atom is -0.388 e. The normalized spacial score (nSPS) is 24.1. The predicted octanol–water partition coefficient (Wildman–Crippen LogP) is 1.36. The second kappa shape index (κ2) is 4.93. The third-order valence-corrected chi connectivity index (χ3v) is 4.09. The lowest BCUT2D eigenvalue weighted by Crippen LogP contribution is -2.24. The van der Waals surface area contributed by atoms with Crippen LogP contribution in [-0.2, 0) is 11.3 Å². The second-order valence-electron chi connectivity index (χ2n) is 5.13. The van der Waals surface area contributed by atoms with E-state index >= 15 is 0 Å². The maximum absolute atomic E-state index is 5.74. The molecule has 18 heavy (non-hydrogen) atoms. The summed E-state index contributed by atoms with van der Waals surface area (Å²) in [6.45, 7) is 1.64. The van der Waals surface area contributed by atoms with Crippen LogP contribution in [0.4, 0.5) is 0 Å². The molecule has 3 rings (SSSR count). The molecule has 1 atom stereocenters. The zero-order valence-corrected chi connectivity index (χ0v) is 11.2. The number of hydrogen-bond donors (Lipinski definition) is 1. The molecule has 2 N–H and O–H groups in total. The highest BCUT2D eigenvalue weighted by Crippen LogP contribution is 2.37. The van der Waals surface area contributed by atoms with Gasteiger partial charge in [-0.1, -0.05) is 23.9 Å².